The van der Waals surface area contributed by atoms with Crippen molar-refractivity contribution in [3.8, 4) is 5.88 Å². The van der Waals surface area contributed by atoms with Gasteiger partial charge in [0.15, 0.2) is 0 Å². The summed E-state index contributed by atoms with van der Waals surface area (Å²) in [5.74, 6) is 0.640. The van der Waals surface area contributed by atoms with Crippen molar-refractivity contribution in [2.24, 2.45) is 0 Å². The van der Waals surface area contributed by atoms with Gasteiger partial charge in [-0.2, -0.15) is 0 Å². The third kappa shape index (κ3) is 4.26. The van der Waals surface area contributed by atoms with Crippen molar-refractivity contribution < 1.29 is 9.53 Å². The van der Waals surface area contributed by atoms with Crippen LogP contribution in [0, 0.1) is 6.92 Å². The van der Waals surface area contributed by atoms with E-state index >= 15 is 0 Å². The number of carbonyl (C=O) groups is 1. The molecule has 0 atom stereocenters. The highest BCUT2D eigenvalue weighted by atomic mass is 16.5. The van der Waals surface area contributed by atoms with Gasteiger partial charge in [-0.05, 0) is 25.1 Å². The first-order valence-corrected chi connectivity index (χ1v) is 8.56. The van der Waals surface area contributed by atoms with Crippen molar-refractivity contribution in [3.63, 3.8) is 0 Å². The van der Waals surface area contributed by atoms with Gasteiger partial charge in [0.1, 0.15) is 11.8 Å². The highest BCUT2D eigenvalue weighted by Crippen LogP contribution is 2.20. The van der Waals surface area contributed by atoms with Crippen LogP contribution >= 0.6 is 0 Å². The monoisotopic (exact) mass is 340 g/mol. The fourth-order valence-corrected chi connectivity index (χ4v) is 2.91. The van der Waals surface area contributed by atoms with Crippen molar-refractivity contribution in [2.45, 2.75) is 25.9 Å². The van der Waals surface area contributed by atoms with Gasteiger partial charge >= 0.3 is 0 Å². The zero-order chi connectivity index (χ0) is 17.8. The Kier molecular flexibility index (Phi) is 5.16. The number of hydrogen-bond acceptors (Lipinski definition) is 5. The zero-order valence-electron chi connectivity index (χ0n) is 15.0. The van der Waals surface area contributed by atoms with Crippen LogP contribution in [-0.2, 0) is 0 Å². The maximum Gasteiger partial charge on any atom is 0.272 e. The first-order chi connectivity index (χ1) is 12.0. The third-order valence-corrected chi connectivity index (χ3v) is 4.36. The summed E-state index contributed by atoms with van der Waals surface area (Å²) in [4.78, 5) is 25.1. The second-order valence-corrected chi connectivity index (χ2v) is 6.52. The lowest BCUT2D eigenvalue weighted by atomic mass is 10.1. The summed E-state index contributed by atoms with van der Waals surface area (Å²) in [6.07, 6.45) is 3.38. The largest absolute Gasteiger partial charge is 0.474 e. The van der Waals surface area contributed by atoms with Crippen LogP contribution in [0.15, 0.2) is 36.5 Å². The van der Waals surface area contributed by atoms with Gasteiger partial charge in [-0.15, -0.1) is 0 Å². The summed E-state index contributed by atoms with van der Waals surface area (Å²) in [5, 5.41) is 0. The molecule has 6 nitrogen and oxygen atoms in total. The predicted octanol–water partition coefficient (Wildman–Crippen LogP) is 2.53. The normalized spacial score (nSPS) is 15.1. The van der Waals surface area contributed by atoms with Crippen LogP contribution in [0.2, 0.25) is 0 Å². The molecular weight excluding hydrogens is 316 g/mol. The summed E-state index contributed by atoms with van der Waals surface area (Å²) < 4.78 is 5.95. The van der Waals surface area contributed by atoms with Gasteiger partial charge in [-0.1, -0.05) is 6.07 Å². The third-order valence-electron chi connectivity index (χ3n) is 4.36. The van der Waals surface area contributed by atoms with Crippen molar-refractivity contribution in [3.05, 3.63) is 47.9 Å². The number of pyridine rings is 2. The van der Waals surface area contributed by atoms with E-state index in [1.165, 1.54) is 0 Å². The maximum atomic E-state index is 12.7. The number of rotatable bonds is 4. The molecule has 0 spiro atoms. The molecule has 0 N–H and O–H groups in total. The quantitative estimate of drug-likeness (QED) is 0.856. The zero-order valence-corrected chi connectivity index (χ0v) is 15.0. The number of likely N-dealkylation sites (tertiary alicyclic amines) is 1. The number of amides is 1. The summed E-state index contributed by atoms with van der Waals surface area (Å²) in [6, 6.07) is 9.50. The number of piperidine rings is 1. The molecule has 0 radical (unpaired) electrons. The maximum absolute atomic E-state index is 12.7. The number of aromatic nitrogens is 2. The Morgan fingerprint density at radius 3 is 2.68 bits per heavy atom. The fraction of sp³-hybridized carbons (Fsp3) is 0.421. The summed E-state index contributed by atoms with van der Waals surface area (Å²) in [5.41, 5.74) is 2.41. The van der Waals surface area contributed by atoms with E-state index in [0.29, 0.717) is 24.7 Å². The van der Waals surface area contributed by atoms with Crippen molar-refractivity contribution >= 4 is 11.6 Å². The van der Waals surface area contributed by atoms with Crippen molar-refractivity contribution in [1.82, 2.24) is 14.9 Å². The Bertz CT molecular complexity index is 740. The molecule has 2 aromatic heterocycles. The van der Waals surface area contributed by atoms with Crippen LogP contribution in [0.4, 0.5) is 5.69 Å². The van der Waals surface area contributed by atoms with E-state index in [4.69, 9.17) is 4.74 Å². The van der Waals surface area contributed by atoms with Crippen molar-refractivity contribution in [1.29, 1.82) is 0 Å². The molecule has 0 aromatic carbocycles. The molecule has 0 unspecified atom stereocenters. The van der Waals surface area contributed by atoms with E-state index in [1.54, 1.807) is 6.20 Å². The summed E-state index contributed by atoms with van der Waals surface area (Å²) in [6.45, 7) is 3.29. The Balaban J connectivity index is 1.58. The molecule has 1 saturated heterocycles. The van der Waals surface area contributed by atoms with Crippen LogP contribution in [-0.4, -0.2) is 54.1 Å². The van der Waals surface area contributed by atoms with Crippen molar-refractivity contribution in [2.75, 3.05) is 32.1 Å². The van der Waals surface area contributed by atoms with Gasteiger partial charge in [-0.25, -0.2) is 4.98 Å². The van der Waals surface area contributed by atoms with E-state index in [-0.39, 0.29) is 12.0 Å². The molecule has 1 amide bonds. The molecule has 1 fully saturated rings. The van der Waals surface area contributed by atoms with E-state index < -0.39 is 0 Å². The number of nitrogens with zero attached hydrogens (tertiary/aromatic N) is 4. The van der Waals surface area contributed by atoms with Crippen LogP contribution in [0.3, 0.4) is 0 Å². The number of aryl methyl sites for hydroxylation is 1. The molecule has 0 aliphatic carbocycles. The minimum absolute atomic E-state index is 0.0177. The standard InChI is InChI=1S/C19H24N4O2/c1-14-5-4-6-18(21-14)25-16-8-11-23(12-9-16)19(24)17-13-15(22(2)3)7-10-20-17/h4-7,10,13,16H,8-9,11-12H2,1-3H3. The van der Waals surface area contributed by atoms with Crippen LogP contribution in [0.1, 0.15) is 29.0 Å². The van der Waals surface area contributed by atoms with Gasteiger partial charge in [0.25, 0.3) is 5.91 Å². The van der Waals surface area contributed by atoms with Gasteiger partial charge in [0.2, 0.25) is 5.88 Å². The first-order valence-electron chi connectivity index (χ1n) is 8.56. The number of ether oxygens (including phenoxy) is 1. The SMILES string of the molecule is Cc1cccc(OC2CCN(C(=O)c3cc(N(C)C)ccn3)CC2)n1. The van der Waals surface area contributed by atoms with Crippen LogP contribution in [0.25, 0.3) is 0 Å². The second kappa shape index (κ2) is 7.51. The Morgan fingerprint density at radius 2 is 2.00 bits per heavy atom. The topological polar surface area (TPSA) is 58.6 Å². The molecule has 25 heavy (non-hydrogen) atoms. The lowest BCUT2D eigenvalue weighted by molar-refractivity contribution is 0.0582. The molecule has 0 saturated carbocycles. The van der Waals surface area contributed by atoms with E-state index in [0.717, 1.165) is 24.2 Å². The minimum Gasteiger partial charge on any atom is -0.474 e. The molecule has 1 aliphatic heterocycles. The molecule has 3 heterocycles. The lowest BCUT2D eigenvalue weighted by Gasteiger charge is -2.31. The van der Waals surface area contributed by atoms with Crippen LogP contribution < -0.4 is 9.64 Å². The molecule has 1 aliphatic rings. The Morgan fingerprint density at radius 1 is 1.24 bits per heavy atom. The molecular formula is C19H24N4O2. The highest BCUT2D eigenvalue weighted by Gasteiger charge is 2.25. The number of hydrogen-bond donors (Lipinski definition) is 0. The molecule has 6 heteroatoms. The summed E-state index contributed by atoms with van der Waals surface area (Å²) in [7, 11) is 3.90. The predicted molar refractivity (Wildman–Crippen MR) is 97.1 cm³/mol. The van der Waals surface area contributed by atoms with Gasteiger partial charge < -0.3 is 14.5 Å². The molecule has 0 bridgehead atoms. The van der Waals surface area contributed by atoms with Gasteiger partial charge in [0.05, 0.1) is 0 Å². The first kappa shape index (κ1) is 17.2. The molecule has 132 valence electrons. The Labute approximate surface area is 148 Å². The van der Waals surface area contributed by atoms with E-state index in [2.05, 4.69) is 9.97 Å². The fourth-order valence-electron chi connectivity index (χ4n) is 2.91. The average Bonchev–Trinajstić information content (AvgIpc) is 2.62. The summed E-state index contributed by atoms with van der Waals surface area (Å²) >= 11 is 0. The Hall–Kier alpha value is -2.63. The second-order valence-electron chi connectivity index (χ2n) is 6.52. The smallest absolute Gasteiger partial charge is 0.272 e. The molecule has 2 aromatic rings. The van der Waals surface area contributed by atoms with Crippen LogP contribution in [0.5, 0.6) is 5.88 Å². The van der Waals surface area contributed by atoms with Gasteiger partial charge in [-0.3, -0.25) is 9.78 Å². The number of carbonyl (C=O) groups excluding carboxylic acids is 1. The van der Waals surface area contributed by atoms with Gasteiger partial charge in [0, 0.05) is 63.7 Å². The minimum atomic E-state index is -0.0177. The molecule has 3 rings (SSSR count). The lowest BCUT2D eigenvalue weighted by Crippen LogP contribution is -2.42. The van der Waals surface area contributed by atoms with E-state index in [9.17, 15) is 4.79 Å². The van der Waals surface area contributed by atoms with E-state index in [1.807, 2.05) is 61.2 Å². The highest BCUT2D eigenvalue weighted by molar-refractivity contribution is 5.93. The average molecular weight is 340 g/mol. The number of anilines is 1.